The molecule has 2 atom stereocenters. The van der Waals surface area contributed by atoms with Crippen molar-refractivity contribution in [1.29, 1.82) is 0 Å². The fraction of sp³-hybridized carbons (Fsp3) is 0.417. The van der Waals surface area contributed by atoms with E-state index < -0.39 is 59.9 Å². The molecule has 0 aromatic heterocycles. The molecule has 2 unspecified atom stereocenters. The first-order valence-corrected chi connectivity index (χ1v) is 11.2. The number of carbonyl (C=O) groups excluding carboxylic acids is 2. The molecule has 2 N–H and O–H groups in total. The molecular weight excluding hydrogens is 508 g/mol. The summed E-state index contributed by atoms with van der Waals surface area (Å²) in [6.45, 7) is 2.72. The first kappa shape index (κ1) is 27.9. The number of nitrogens with zero attached hydrogens (tertiary/aromatic N) is 2. The van der Waals surface area contributed by atoms with Crippen LogP contribution in [0.5, 0.6) is 0 Å². The van der Waals surface area contributed by atoms with Crippen LogP contribution in [0.1, 0.15) is 48.6 Å². The summed E-state index contributed by atoms with van der Waals surface area (Å²) in [6.07, 6.45) is -11.7. The Labute approximate surface area is 208 Å². The summed E-state index contributed by atoms with van der Waals surface area (Å²) in [4.78, 5) is 27.8. The Bertz CT molecular complexity index is 1140. The fourth-order valence-corrected chi connectivity index (χ4v) is 4.39. The number of fused-ring (bicyclic) bond motifs is 1. The van der Waals surface area contributed by atoms with Crippen LogP contribution < -0.4 is 10.6 Å². The maximum atomic E-state index is 13.4. The highest BCUT2D eigenvalue weighted by Crippen LogP contribution is 2.45. The molecule has 37 heavy (non-hydrogen) atoms. The third kappa shape index (κ3) is 5.86. The second kappa shape index (κ2) is 10.4. The topological polar surface area (TPSA) is 85.1 Å². The minimum Gasteiger partial charge on any atom is -0.453 e. The Morgan fingerprint density at radius 2 is 1.68 bits per heavy atom. The molecule has 202 valence electrons. The Kier molecular flexibility index (Phi) is 7.84. The number of rotatable bonds is 4. The van der Waals surface area contributed by atoms with Gasteiger partial charge in [-0.05, 0) is 50.1 Å². The number of ether oxygens (including phenoxy) is 2. The Morgan fingerprint density at radius 3 is 2.19 bits per heavy atom. The number of amides is 2. The molecule has 0 fully saturated rings. The fourth-order valence-electron chi connectivity index (χ4n) is 4.39. The van der Waals surface area contributed by atoms with E-state index in [9.17, 15) is 35.9 Å². The SMILES string of the molecule is CCOC(=O)N1c2c(N)cccc2C(N(Cc2cc(C(F)(F)F)cc(C(F)(F)F)c2)C(=O)OC)CC1C. The third-order valence-corrected chi connectivity index (χ3v) is 5.95. The third-order valence-electron chi connectivity index (χ3n) is 5.95. The van der Waals surface area contributed by atoms with E-state index in [0.717, 1.165) is 12.0 Å². The largest absolute Gasteiger partial charge is 0.453 e. The standard InChI is InChI=1S/C24H25F6N3O4/c1-4-37-22(35)33-13(2)8-19(17-6-5-7-18(31)20(17)33)32(21(34)36-3)12-14-9-15(23(25,26)27)11-16(10-14)24(28,29)30/h5-7,9-11,13,19H,4,8,12,31H2,1-3H3. The quantitative estimate of drug-likeness (QED) is 0.365. The number of alkyl halides is 6. The van der Waals surface area contributed by atoms with Crippen molar-refractivity contribution in [3.8, 4) is 0 Å². The molecule has 0 aliphatic carbocycles. The van der Waals surface area contributed by atoms with Crippen LogP contribution in [0.4, 0.5) is 47.3 Å². The molecule has 0 saturated heterocycles. The maximum absolute atomic E-state index is 13.4. The number of nitrogens with two attached hydrogens (primary N) is 1. The zero-order valence-corrected chi connectivity index (χ0v) is 20.1. The number of anilines is 2. The van der Waals surface area contributed by atoms with E-state index in [1.54, 1.807) is 26.0 Å². The number of nitrogen functional groups attached to an aromatic ring is 1. The summed E-state index contributed by atoms with van der Waals surface area (Å²) in [5.74, 6) is 0. The van der Waals surface area contributed by atoms with Crippen molar-refractivity contribution in [3.63, 3.8) is 0 Å². The molecule has 2 aromatic carbocycles. The average Bonchev–Trinajstić information content (AvgIpc) is 2.81. The number of halogens is 6. The van der Waals surface area contributed by atoms with Gasteiger partial charge in [-0.3, -0.25) is 9.80 Å². The summed E-state index contributed by atoms with van der Waals surface area (Å²) < 4.78 is 90.3. The molecule has 3 rings (SSSR count). The van der Waals surface area contributed by atoms with Crippen LogP contribution in [0.3, 0.4) is 0 Å². The van der Waals surface area contributed by atoms with Gasteiger partial charge < -0.3 is 15.2 Å². The lowest BCUT2D eigenvalue weighted by Crippen LogP contribution is -2.48. The number of carbonyl (C=O) groups is 2. The van der Waals surface area contributed by atoms with E-state index in [-0.39, 0.29) is 30.5 Å². The van der Waals surface area contributed by atoms with Crippen molar-refractivity contribution in [2.24, 2.45) is 0 Å². The molecule has 0 spiro atoms. The van der Waals surface area contributed by atoms with Crippen LogP contribution in [0.2, 0.25) is 0 Å². The normalized spacial score (nSPS) is 17.7. The van der Waals surface area contributed by atoms with Gasteiger partial charge in [0.15, 0.2) is 0 Å². The first-order chi connectivity index (χ1) is 17.2. The van der Waals surface area contributed by atoms with Gasteiger partial charge in [-0.15, -0.1) is 0 Å². The molecule has 0 bridgehead atoms. The van der Waals surface area contributed by atoms with Gasteiger partial charge in [-0.25, -0.2) is 9.59 Å². The second-order valence-electron chi connectivity index (χ2n) is 8.47. The molecule has 2 amide bonds. The van der Waals surface area contributed by atoms with E-state index in [1.807, 2.05) is 0 Å². The predicted octanol–water partition coefficient (Wildman–Crippen LogP) is 6.37. The molecule has 13 heteroatoms. The Balaban J connectivity index is 2.13. The molecule has 0 saturated carbocycles. The molecule has 7 nitrogen and oxygen atoms in total. The van der Waals surface area contributed by atoms with Crippen LogP contribution in [0.25, 0.3) is 0 Å². The number of hydrogen-bond acceptors (Lipinski definition) is 5. The highest BCUT2D eigenvalue weighted by Gasteiger charge is 2.41. The van der Waals surface area contributed by atoms with Crippen LogP contribution in [-0.4, -0.2) is 36.8 Å². The van der Waals surface area contributed by atoms with Gasteiger partial charge in [-0.1, -0.05) is 12.1 Å². The second-order valence-corrected chi connectivity index (χ2v) is 8.47. The van der Waals surface area contributed by atoms with Gasteiger partial charge in [-0.2, -0.15) is 26.3 Å². The summed E-state index contributed by atoms with van der Waals surface area (Å²) >= 11 is 0. The molecule has 1 heterocycles. The minimum atomic E-state index is -5.05. The molecule has 1 aliphatic rings. The van der Waals surface area contributed by atoms with E-state index >= 15 is 0 Å². The predicted molar refractivity (Wildman–Crippen MR) is 122 cm³/mol. The number of hydrogen-bond donors (Lipinski definition) is 1. The van der Waals surface area contributed by atoms with Crippen molar-refractivity contribution in [3.05, 3.63) is 58.7 Å². The maximum Gasteiger partial charge on any atom is 0.416 e. The highest BCUT2D eigenvalue weighted by molar-refractivity contribution is 5.94. The van der Waals surface area contributed by atoms with Gasteiger partial charge in [0.1, 0.15) is 0 Å². The van der Waals surface area contributed by atoms with Crippen molar-refractivity contribution >= 4 is 23.6 Å². The van der Waals surface area contributed by atoms with E-state index in [1.165, 1.54) is 11.0 Å². The highest BCUT2D eigenvalue weighted by atomic mass is 19.4. The lowest BCUT2D eigenvalue weighted by atomic mass is 9.89. The minimum absolute atomic E-state index is 0.0158. The smallest absolute Gasteiger partial charge is 0.416 e. The van der Waals surface area contributed by atoms with Gasteiger partial charge in [0.25, 0.3) is 0 Å². The molecule has 2 aromatic rings. The molecular formula is C24H25F6N3O4. The van der Waals surface area contributed by atoms with Crippen LogP contribution in [-0.2, 0) is 28.4 Å². The monoisotopic (exact) mass is 533 g/mol. The Hall–Kier alpha value is -3.64. The van der Waals surface area contributed by atoms with Crippen LogP contribution in [0, 0.1) is 0 Å². The van der Waals surface area contributed by atoms with Crippen LogP contribution in [0.15, 0.2) is 36.4 Å². The van der Waals surface area contributed by atoms with Crippen molar-refractivity contribution < 1.29 is 45.4 Å². The average molecular weight is 533 g/mol. The van der Waals surface area contributed by atoms with Crippen LogP contribution >= 0.6 is 0 Å². The number of methoxy groups -OCH3 is 1. The van der Waals surface area contributed by atoms with Crippen molar-refractivity contribution in [2.75, 3.05) is 24.4 Å². The van der Waals surface area contributed by atoms with E-state index in [4.69, 9.17) is 15.2 Å². The van der Waals surface area contributed by atoms with Gasteiger partial charge >= 0.3 is 24.5 Å². The lowest BCUT2D eigenvalue weighted by molar-refractivity contribution is -0.143. The molecule has 0 radical (unpaired) electrons. The summed E-state index contributed by atoms with van der Waals surface area (Å²) in [6, 6.07) is 4.29. The molecule has 1 aliphatic heterocycles. The van der Waals surface area contributed by atoms with Gasteiger partial charge in [0.2, 0.25) is 0 Å². The Morgan fingerprint density at radius 1 is 1.08 bits per heavy atom. The summed E-state index contributed by atoms with van der Waals surface area (Å²) in [7, 11) is 1.04. The zero-order chi connectivity index (χ0) is 27.7. The van der Waals surface area contributed by atoms with E-state index in [2.05, 4.69) is 0 Å². The lowest BCUT2D eigenvalue weighted by Gasteiger charge is -2.43. The van der Waals surface area contributed by atoms with E-state index in [0.29, 0.717) is 17.7 Å². The van der Waals surface area contributed by atoms with Gasteiger partial charge in [0.05, 0.1) is 42.3 Å². The van der Waals surface area contributed by atoms with Crippen molar-refractivity contribution in [2.45, 2.75) is 51.2 Å². The first-order valence-electron chi connectivity index (χ1n) is 11.2. The summed E-state index contributed by atoms with van der Waals surface area (Å²) in [5, 5.41) is 0. The van der Waals surface area contributed by atoms with Gasteiger partial charge in [0, 0.05) is 18.2 Å². The summed E-state index contributed by atoms with van der Waals surface area (Å²) in [5.41, 5.74) is 3.51. The van der Waals surface area contributed by atoms with Crippen molar-refractivity contribution in [1.82, 2.24) is 4.90 Å². The number of para-hydroxylation sites is 1. The zero-order valence-electron chi connectivity index (χ0n) is 20.1. The number of benzene rings is 2.